The molecular formula is C18H10Cl2FN7O3S2. The van der Waals surface area contributed by atoms with Crippen molar-refractivity contribution in [1.29, 1.82) is 5.26 Å². The molecule has 0 aliphatic rings. The van der Waals surface area contributed by atoms with Crippen molar-refractivity contribution in [2.24, 2.45) is 0 Å². The summed E-state index contributed by atoms with van der Waals surface area (Å²) in [6, 6.07) is 1.99. The van der Waals surface area contributed by atoms with Gasteiger partial charge >= 0.3 is 0 Å². The summed E-state index contributed by atoms with van der Waals surface area (Å²) in [5.74, 6) is -0.666. The third kappa shape index (κ3) is 4.46. The summed E-state index contributed by atoms with van der Waals surface area (Å²) in [7, 11) is -4.10. The van der Waals surface area contributed by atoms with Gasteiger partial charge in [0.2, 0.25) is 6.19 Å². The van der Waals surface area contributed by atoms with Crippen molar-refractivity contribution >= 4 is 62.0 Å². The van der Waals surface area contributed by atoms with E-state index in [1.807, 2.05) is 0 Å². The molecule has 1 aromatic carbocycles. The van der Waals surface area contributed by atoms with Gasteiger partial charge in [0.25, 0.3) is 15.6 Å². The molecule has 0 spiro atoms. The Morgan fingerprint density at radius 2 is 1.97 bits per heavy atom. The first-order chi connectivity index (χ1) is 15.6. The number of anilines is 1. The van der Waals surface area contributed by atoms with Gasteiger partial charge in [0.15, 0.2) is 10.7 Å². The number of aromatic nitrogens is 5. The number of nitrogens with zero attached hydrogens (tertiary/aromatic N) is 6. The molecule has 1 N–H and O–H groups in total. The minimum atomic E-state index is -4.10. The van der Waals surface area contributed by atoms with Crippen LogP contribution < -0.4 is 10.3 Å². The van der Waals surface area contributed by atoms with E-state index in [1.54, 1.807) is 13.1 Å². The van der Waals surface area contributed by atoms with Crippen molar-refractivity contribution in [3.8, 4) is 16.8 Å². The molecule has 0 saturated carbocycles. The SMILES string of the molecule is Cc1nnc(-c2c(=O)n(C#N)n3cc(NS(=O)(=O)C=Cc4c(Cl)cc(F)cc4Cl)cnc23)s1. The molecule has 10 nitrogen and oxygen atoms in total. The highest BCUT2D eigenvalue weighted by molar-refractivity contribution is 7.95. The van der Waals surface area contributed by atoms with Gasteiger partial charge in [-0.2, -0.15) is 5.26 Å². The Balaban J connectivity index is 1.71. The van der Waals surface area contributed by atoms with E-state index < -0.39 is 21.4 Å². The molecule has 3 heterocycles. The average molecular weight is 526 g/mol. The second-order valence-corrected chi connectivity index (χ2v) is 10.0. The highest BCUT2D eigenvalue weighted by Gasteiger charge is 2.21. The smallest absolute Gasteiger partial charge is 0.277 e. The van der Waals surface area contributed by atoms with Crippen molar-refractivity contribution in [3.63, 3.8) is 0 Å². The Kier molecular flexibility index (Phi) is 5.93. The fourth-order valence-electron chi connectivity index (χ4n) is 2.85. The summed E-state index contributed by atoms with van der Waals surface area (Å²) in [6.45, 7) is 1.71. The third-order valence-corrected chi connectivity index (χ3v) is 6.70. The molecule has 0 unspecified atom stereocenters. The Bertz CT molecular complexity index is 1630. The van der Waals surface area contributed by atoms with Crippen molar-refractivity contribution < 1.29 is 12.8 Å². The third-order valence-electron chi connectivity index (χ3n) is 4.20. The first-order valence-corrected chi connectivity index (χ1v) is 11.9. The zero-order chi connectivity index (χ0) is 23.9. The van der Waals surface area contributed by atoms with E-state index in [9.17, 15) is 22.9 Å². The van der Waals surface area contributed by atoms with Gasteiger partial charge < -0.3 is 0 Å². The fourth-order valence-corrected chi connectivity index (χ4v) is 4.97. The number of hydrogen-bond donors (Lipinski definition) is 1. The van der Waals surface area contributed by atoms with Gasteiger partial charge in [0.05, 0.1) is 33.5 Å². The number of aryl methyl sites for hydroxylation is 1. The number of sulfonamides is 1. The molecule has 168 valence electrons. The maximum Gasteiger partial charge on any atom is 0.293 e. The molecule has 0 amide bonds. The Hall–Kier alpha value is -3.31. The summed E-state index contributed by atoms with van der Waals surface area (Å²) in [4.78, 5) is 16.8. The second-order valence-electron chi connectivity index (χ2n) is 6.46. The molecule has 0 aliphatic heterocycles. The van der Waals surface area contributed by atoms with Crippen LogP contribution in [0.25, 0.3) is 22.3 Å². The van der Waals surface area contributed by atoms with Crippen LogP contribution in [-0.4, -0.2) is 32.8 Å². The van der Waals surface area contributed by atoms with Gasteiger partial charge in [-0.25, -0.2) is 22.3 Å². The van der Waals surface area contributed by atoms with Gasteiger partial charge in [-0.15, -0.1) is 14.9 Å². The van der Waals surface area contributed by atoms with Gasteiger partial charge in [-0.3, -0.25) is 9.52 Å². The molecule has 3 aromatic heterocycles. The van der Waals surface area contributed by atoms with E-state index in [2.05, 4.69) is 19.9 Å². The van der Waals surface area contributed by atoms with Crippen LogP contribution in [0.3, 0.4) is 0 Å². The zero-order valence-corrected chi connectivity index (χ0v) is 19.5. The Morgan fingerprint density at radius 3 is 2.58 bits per heavy atom. The predicted molar refractivity (Wildman–Crippen MR) is 122 cm³/mol. The lowest BCUT2D eigenvalue weighted by molar-refractivity contribution is 0.609. The molecule has 0 atom stereocenters. The van der Waals surface area contributed by atoms with Gasteiger partial charge in [0.1, 0.15) is 16.4 Å². The average Bonchev–Trinajstić information content (AvgIpc) is 3.26. The lowest BCUT2D eigenvalue weighted by Gasteiger charge is -2.06. The maximum atomic E-state index is 13.3. The van der Waals surface area contributed by atoms with E-state index in [0.29, 0.717) is 9.69 Å². The molecule has 4 aromatic rings. The number of benzene rings is 1. The highest BCUT2D eigenvalue weighted by atomic mass is 35.5. The topological polar surface area (TPSA) is 135 Å². The number of halogens is 3. The predicted octanol–water partition coefficient (Wildman–Crippen LogP) is 3.51. The van der Waals surface area contributed by atoms with Crippen LogP contribution >= 0.6 is 34.5 Å². The molecule has 0 aliphatic carbocycles. The van der Waals surface area contributed by atoms with Crippen molar-refractivity contribution in [1.82, 2.24) is 24.4 Å². The van der Waals surface area contributed by atoms with Crippen molar-refractivity contribution in [2.75, 3.05) is 4.72 Å². The Morgan fingerprint density at radius 1 is 1.27 bits per heavy atom. The van der Waals surface area contributed by atoms with Crippen molar-refractivity contribution in [2.45, 2.75) is 6.92 Å². The largest absolute Gasteiger partial charge is 0.293 e. The zero-order valence-electron chi connectivity index (χ0n) is 16.3. The van der Waals surface area contributed by atoms with Crippen molar-refractivity contribution in [3.05, 3.63) is 66.7 Å². The monoisotopic (exact) mass is 525 g/mol. The Labute approximate surface area is 199 Å². The molecule has 0 fully saturated rings. The van der Waals surface area contributed by atoms with E-state index in [4.69, 9.17) is 23.2 Å². The minimum Gasteiger partial charge on any atom is -0.277 e. The first kappa shape index (κ1) is 22.9. The van der Waals surface area contributed by atoms with Crippen LogP contribution in [-0.2, 0) is 10.0 Å². The number of nitrogens with one attached hydrogen (secondary N) is 1. The van der Waals surface area contributed by atoms with Crippen LogP contribution in [0.2, 0.25) is 10.0 Å². The molecule has 4 rings (SSSR count). The lowest BCUT2D eigenvalue weighted by Crippen LogP contribution is -2.16. The summed E-state index contributed by atoms with van der Waals surface area (Å²) >= 11 is 13.0. The normalized spacial score (nSPS) is 11.8. The standard InChI is InChI=1S/C18H10Cl2FN7O3S2/c1-9-24-25-17(32-9)15-16-23-6-11(7-27(16)28(8-22)18(15)29)26-33(30,31)3-2-12-13(19)4-10(21)5-14(12)20/h2-7,26H,1H3. The lowest BCUT2D eigenvalue weighted by atomic mass is 10.2. The van der Waals surface area contributed by atoms with Crippen LogP contribution in [0.1, 0.15) is 10.6 Å². The van der Waals surface area contributed by atoms with Crippen LogP contribution in [0.5, 0.6) is 0 Å². The maximum absolute atomic E-state index is 13.3. The fraction of sp³-hybridized carbons (Fsp3) is 0.0556. The number of fused-ring (bicyclic) bond motifs is 1. The van der Waals surface area contributed by atoms with E-state index >= 15 is 0 Å². The van der Waals surface area contributed by atoms with Crippen LogP contribution in [0.15, 0.2) is 34.7 Å². The van der Waals surface area contributed by atoms with E-state index in [1.165, 1.54) is 12.4 Å². The molecule has 15 heteroatoms. The highest BCUT2D eigenvalue weighted by Crippen LogP contribution is 2.28. The van der Waals surface area contributed by atoms with E-state index in [0.717, 1.165) is 39.5 Å². The number of rotatable bonds is 5. The van der Waals surface area contributed by atoms with Gasteiger partial charge in [-0.05, 0) is 25.1 Å². The summed E-state index contributed by atoms with van der Waals surface area (Å²) in [6.07, 6.45) is 5.22. The van der Waals surface area contributed by atoms with Crippen LogP contribution in [0.4, 0.5) is 10.1 Å². The summed E-state index contributed by atoms with van der Waals surface area (Å²) < 4.78 is 42.4. The minimum absolute atomic E-state index is 0.0394. The van der Waals surface area contributed by atoms with Gasteiger partial charge in [-0.1, -0.05) is 34.5 Å². The quantitative estimate of drug-likeness (QED) is 0.421. The van der Waals surface area contributed by atoms with Crippen LogP contribution in [0, 0.1) is 24.2 Å². The molecule has 33 heavy (non-hydrogen) atoms. The molecule has 0 bridgehead atoms. The summed E-state index contributed by atoms with van der Waals surface area (Å²) in [5.41, 5.74) is -0.443. The second kappa shape index (κ2) is 8.56. The number of nitriles is 1. The molecule has 0 radical (unpaired) electrons. The van der Waals surface area contributed by atoms with E-state index in [-0.39, 0.29) is 37.5 Å². The first-order valence-electron chi connectivity index (χ1n) is 8.79. The molecular weight excluding hydrogens is 516 g/mol. The van der Waals surface area contributed by atoms with Gasteiger partial charge in [0, 0.05) is 5.56 Å². The number of hydrogen-bond acceptors (Lipinski definition) is 8. The molecule has 0 saturated heterocycles. The summed E-state index contributed by atoms with van der Waals surface area (Å²) in [5, 5.41) is 18.7.